The summed E-state index contributed by atoms with van der Waals surface area (Å²) >= 11 is 0. The van der Waals surface area contributed by atoms with Gasteiger partial charge in [-0.05, 0) is 0 Å². The first-order chi connectivity index (χ1) is 5.83. The van der Waals surface area contributed by atoms with E-state index in [1.165, 1.54) is 51.4 Å². The fourth-order valence-electron chi connectivity index (χ4n) is 0.884. The monoisotopic (exact) mass is 204 g/mol. The maximum Gasteiger partial charge on any atom is -0.0533 e. The topological polar surface area (TPSA) is 0 Å². The van der Waals surface area contributed by atoms with E-state index in [1.807, 2.05) is 0 Å². The Labute approximate surface area is 94.5 Å². The summed E-state index contributed by atoms with van der Waals surface area (Å²) in [6, 6.07) is 0. The molecule has 0 aliphatic heterocycles. The fraction of sp³-hybridized carbons (Fsp3) is 1.00. The van der Waals surface area contributed by atoms with Gasteiger partial charge in [0.2, 0.25) is 0 Å². The Morgan fingerprint density at radius 3 is 0.786 bits per heavy atom. The molecule has 0 spiro atoms. The molecule has 14 heavy (non-hydrogen) atoms. The van der Waals surface area contributed by atoms with Gasteiger partial charge in [0, 0.05) is 0 Å². The van der Waals surface area contributed by atoms with Crippen molar-refractivity contribution in [2.24, 2.45) is 0 Å². The van der Waals surface area contributed by atoms with Crippen LogP contribution >= 0.6 is 0 Å². The quantitative estimate of drug-likeness (QED) is 0.460. The minimum Gasteiger partial charge on any atom is -0.0776 e. The summed E-state index contributed by atoms with van der Waals surface area (Å²) in [5.74, 6) is 0. The molecule has 1 saturated carbocycles. The van der Waals surface area contributed by atoms with Crippen LogP contribution < -0.4 is 0 Å². The van der Waals surface area contributed by atoms with E-state index in [9.17, 15) is 0 Å². The van der Waals surface area contributed by atoms with Crippen molar-refractivity contribution < 1.29 is 0 Å². The Balaban J connectivity index is -0.0000000519. The summed E-state index contributed by atoms with van der Waals surface area (Å²) < 4.78 is 0. The van der Waals surface area contributed by atoms with Crippen LogP contribution in [0.1, 0.15) is 93.9 Å². The summed E-state index contributed by atoms with van der Waals surface area (Å²) in [5, 5.41) is 0. The van der Waals surface area contributed by atoms with Gasteiger partial charge in [-0.15, -0.1) is 0 Å². The van der Waals surface area contributed by atoms with E-state index in [0.717, 1.165) is 0 Å². The first-order valence-corrected chi connectivity index (χ1v) is 5.83. The van der Waals surface area contributed by atoms with Gasteiger partial charge in [0.05, 0.1) is 0 Å². The zero-order valence-electron chi connectivity index (χ0n) is 9.66. The summed E-state index contributed by atoms with van der Waals surface area (Å²) in [6.45, 7) is 8.61. The van der Waals surface area contributed by atoms with Crippen LogP contribution in [0, 0.1) is 0 Å². The van der Waals surface area contributed by atoms with E-state index in [0.29, 0.717) is 0 Å². The number of hydrogen-bond acceptors (Lipinski definition) is 0. The van der Waals surface area contributed by atoms with Crippen molar-refractivity contribution in [3.8, 4) is 0 Å². The molecule has 0 saturated heterocycles. The molecule has 0 N–H and O–H groups in total. The lowest BCUT2D eigenvalue weighted by atomic mass is 10.4. The minimum absolute atomic E-state index is 0. The first kappa shape index (κ1) is 23.7. The van der Waals surface area contributed by atoms with Crippen molar-refractivity contribution in [2.45, 2.75) is 93.9 Å². The lowest BCUT2D eigenvalue weighted by Crippen LogP contribution is -1.47. The van der Waals surface area contributed by atoms with Crippen molar-refractivity contribution in [3.63, 3.8) is 0 Å². The molecule has 0 unspecified atom stereocenters. The molecule has 1 aliphatic carbocycles. The highest BCUT2D eigenvalue weighted by Gasteiger charge is 1.95. The second-order valence-corrected chi connectivity index (χ2v) is 3.47. The molecule has 1 aliphatic rings. The van der Waals surface area contributed by atoms with E-state index in [-0.39, 0.29) is 14.9 Å². The lowest BCUT2D eigenvalue weighted by Gasteiger charge is -1.68. The van der Waals surface area contributed by atoms with Gasteiger partial charge in [-0.3, -0.25) is 0 Å². The second kappa shape index (κ2) is 29.2. The highest BCUT2D eigenvalue weighted by atomic mass is 14.0. The summed E-state index contributed by atoms with van der Waals surface area (Å²) in [4.78, 5) is 0. The van der Waals surface area contributed by atoms with Crippen LogP contribution in [0.4, 0.5) is 0 Å². The molecular formula is C14H36. The molecule has 0 amide bonds. The van der Waals surface area contributed by atoms with Crippen LogP contribution in [-0.2, 0) is 0 Å². The van der Waals surface area contributed by atoms with Gasteiger partial charge in [-0.1, -0.05) is 93.9 Å². The van der Waals surface area contributed by atoms with Crippen LogP contribution in [0.25, 0.3) is 0 Å². The van der Waals surface area contributed by atoms with Crippen LogP contribution in [0.2, 0.25) is 0 Å². The van der Waals surface area contributed by atoms with Gasteiger partial charge in [0.1, 0.15) is 0 Å². The second-order valence-electron chi connectivity index (χ2n) is 3.47. The van der Waals surface area contributed by atoms with E-state index < -0.39 is 0 Å². The molecule has 92 valence electrons. The standard InChI is InChI=1S/C5H10.C4H10.C3H8.2CH4/c1-2-4-5-3-1;1-3-4-2;1-3-2;;/h1-5H2;3-4H2,1-2H3;3H2,1-2H3;2*1H4. The Bertz CT molecular complexity index is 34.4. The van der Waals surface area contributed by atoms with Gasteiger partial charge in [-0.25, -0.2) is 0 Å². The van der Waals surface area contributed by atoms with Crippen LogP contribution in [0.3, 0.4) is 0 Å². The third-order valence-corrected chi connectivity index (χ3v) is 1.75. The normalized spacial score (nSPS) is 12.0. The largest absolute Gasteiger partial charge is 0.0776 e. The molecule has 0 bridgehead atoms. The van der Waals surface area contributed by atoms with Gasteiger partial charge >= 0.3 is 0 Å². The highest BCUT2D eigenvalue weighted by Crippen LogP contribution is 2.15. The molecule has 0 heterocycles. The van der Waals surface area contributed by atoms with E-state index >= 15 is 0 Å². The summed E-state index contributed by atoms with van der Waals surface area (Å²) in [7, 11) is 0. The van der Waals surface area contributed by atoms with Crippen LogP contribution in [0.5, 0.6) is 0 Å². The smallest absolute Gasteiger partial charge is 0.0533 e. The summed E-state index contributed by atoms with van der Waals surface area (Å²) in [5.41, 5.74) is 0. The third-order valence-electron chi connectivity index (χ3n) is 1.75. The van der Waals surface area contributed by atoms with Gasteiger partial charge in [0.15, 0.2) is 0 Å². The molecule has 1 fully saturated rings. The van der Waals surface area contributed by atoms with E-state index in [2.05, 4.69) is 27.7 Å². The number of hydrogen-bond donors (Lipinski definition) is 0. The zero-order chi connectivity index (χ0) is 9.66. The maximum absolute atomic E-state index is 2.18. The van der Waals surface area contributed by atoms with Crippen molar-refractivity contribution in [1.82, 2.24) is 0 Å². The van der Waals surface area contributed by atoms with Gasteiger partial charge in [0.25, 0.3) is 0 Å². The highest BCUT2D eigenvalue weighted by molar-refractivity contribution is 4.51. The van der Waals surface area contributed by atoms with E-state index in [4.69, 9.17) is 0 Å². The van der Waals surface area contributed by atoms with Gasteiger partial charge in [-0.2, -0.15) is 0 Å². The SMILES string of the molecule is C.C.C1CCCC1.CCC.CCCC. The predicted molar refractivity (Wildman–Crippen MR) is 73.1 cm³/mol. The fourth-order valence-corrected chi connectivity index (χ4v) is 0.884. The van der Waals surface area contributed by atoms with Crippen molar-refractivity contribution >= 4 is 0 Å². The molecule has 0 nitrogen and oxygen atoms in total. The average Bonchev–Trinajstić information content (AvgIpc) is 2.62. The van der Waals surface area contributed by atoms with Crippen LogP contribution in [-0.4, -0.2) is 0 Å². The Hall–Kier alpha value is 0. The number of unbranched alkanes of at least 4 members (excludes halogenated alkanes) is 1. The lowest BCUT2D eigenvalue weighted by molar-refractivity contribution is 0.886. The van der Waals surface area contributed by atoms with Crippen molar-refractivity contribution in [2.75, 3.05) is 0 Å². The molecule has 0 aromatic rings. The Kier molecular flexibility index (Phi) is 49.4. The van der Waals surface area contributed by atoms with E-state index in [1.54, 1.807) is 0 Å². The molecule has 1 rings (SSSR count). The Morgan fingerprint density at radius 2 is 0.714 bits per heavy atom. The number of rotatable bonds is 1. The molecule has 0 aromatic heterocycles. The molecule has 0 radical (unpaired) electrons. The maximum atomic E-state index is 2.18. The summed E-state index contributed by atoms with van der Waals surface area (Å²) in [6.07, 6.45) is 11.4. The zero-order valence-corrected chi connectivity index (χ0v) is 9.66. The Morgan fingerprint density at radius 1 is 0.571 bits per heavy atom. The van der Waals surface area contributed by atoms with Gasteiger partial charge < -0.3 is 0 Å². The van der Waals surface area contributed by atoms with Crippen molar-refractivity contribution in [1.29, 1.82) is 0 Å². The van der Waals surface area contributed by atoms with Crippen LogP contribution in [0.15, 0.2) is 0 Å². The molecule has 0 heteroatoms. The average molecular weight is 204 g/mol. The first-order valence-electron chi connectivity index (χ1n) is 5.83. The van der Waals surface area contributed by atoms with Crippen molar-refractivity contribution in [3.05, 3.63) is 0 Å². The third kappa shape index (κ3) is 40.3. The predicted octanol–water partition coefficient (Wildman–Crippen LogP) is 6.45. The minimum atomic E-state index is 0. The molecule has 0 aromatic carbocycles. The molecule has 0 atom stereocenters. The molecular weight excluding hydrogens is 168 g/mol.